The average Bonchev–Trinajstić information content (AvgIpc) is 3.22. The molecule has 0 aromatic rings. The number of carbonyl (C=O) groups excluding carboxylic acids is 1. The Morgan fingerprint density at radius 3 is 2.67 bits per heavy atom. The van der Waals surface area contributed by atoms with E-state index in [2.05, 4.69) is 10.2 Å². The van der Waals surface area contributed by atoms with E-state index in [4.69, 9.17) is 0 Å². The normalized spacial score (nSPS) is 32.1. The van der Waals surface area contributed by atoms with E-state index in [1.54, 1.807) is 0 Å². The second-order valence-electron chi connectivity index (χ2n) is 6.32. The van der Waals surface area contributed by atoms with Gasteiger partial charge in [0, 0.05) is 31.6 Å². The average molecular weight is 250 g/mol. The Kier molecular flexibility index (Phi) is 3.88. The molecule has 1 aliphatic heterocycles. The highest BCUT2D eigenvalue weighted by Gasteiger charge is 2.35. The fraction of sp³-hybridized carbons (Fsp3) is 0.933. The Morgan fingerprint density at radius 1 is 1.06 bits per heavy atom. The van der Waals surface area contributed by atoms with E-state index < -0.39 is 0 Å². The lowest BCUT2D eigenvalue weighted by Gasteiger charge is -2.44. The minimum absolute atomic E-state index is 0.403. The van der Waals surface area contributed by atoms with Gasteiger partial charge in [0.2, 0.25) is 5.91 Å². The summed E-state index contributed by atoms with van der Waals surface area (Å²) in [6.07, 6.45) is 11.2. The van der Waals surface area contributed by atoms with E-state index >= 15 is 0 Å². The van der Waals surface area contributed by atoms with Crippen LogP contribution in [0.1, 0.15) is 57.8 Å². The van der Waals surface area contributed by atoms with Gasteiger partial charge in [-0.3, -0.25) is 4.79 Å². The number of nitrogens with zero attached hydrogens (tertiary/aromatic N) is 1. The van der Waals surface area contributed by atoms with Crippen molar-refractivity contribution in [2.24, 2.45) is 5.92 Å². The molecule has 102 valence electrons. The molecule has 0 spiro atoms. The third kappa shape index (κ3) is 2.87. The van der Waals surface area contributed by atoms with Crippen LogP contribution in [0.15, 0.2) is 0 Å². The lowest BCUT2D eigenvalue weighted by molar-refractivity contribution is -0.137. The summed E-state index contributed by atoms with van der Waals surface area (Å²) >= 11 is 0. The number of carbonyl (C=O) groups is 1. The van der Waals surface area contributed by atoms with Crippen LogP contribution in [-0.2, 0) is 4.79 Å². The molecule has 3 aliphatic rings. The number of amides is 1. The Morgan fingerprint density at radius 2 is 1.83 bits per heavy atom. The molecule has 3 heteroatoms. The maximum absolute atomic E-state index is 12.3. The van der Waals surface area contributed by atoms with E-state index in [9.17, 15) is 4.79 Å². The fourth-order valence-electron chi connectivity index (χ4n) is 3.75. The van der Waals surface area contributed by atoms with Gasteiger partial charge in [0.05, 0.1) is 0 Å². The van der Waals surface area contributed by atoms with Gasteiger partial charge in [-0.05, 0) is 44.4 Å². The van der Waals surface area contributed by atoms with Gasteiger partial charge in [-0.2, -0.15) is 0 Å². The highest BCUT2D eigenvalue weighted by Crippen LogP contribution is 2.35. The van der Waals surface area contributed by atoms with Gasteiger partial charge in [-0.25, -0.2) is 0 Å². The van der Waals surface area contributed by atoms with Crippen molar-refractivity contribution in [1.29, 1.82) is 0 Å². The molecular weight excluding hydrogens is 224 g/mol. The van der Waals surface area contributed by atoms with Crippen molar-refractivity contribution in [1.82, 2.24) is 10.2 Å². The molecule has 3 fully saturated rings. The van der Waals surface area contributed by atoms with E-state index in [1.807, 2.05) is 0 Å². The number of fused-ring (bicyclic) bond motifs is 1. The second-order valence-corrected chi connectivity index (χ2v) is 6.32. The Balaban J connectivity index is 1.50. The summed E-state index contributed by atoms with van der Waals surface area (Å²) in [5.41, 5.74) is 0. The van der Waals surface area contributed by atoms with Gasteiger partial charge in [0.1, 0.15) is 0 Å². The van der Waals surface area contributed by atoms with Crippen molar-refractivity contribution < 1.29 is 4.79 Å². The van der Waals surface area contributed by atoms with Crippen molar-refractivity contribution in [3.05, 3.63) is 0 Å². The topological polar surface area (TPSA) is 32.3 Å². The van der Waals surface area contributed by atoms with E-state index in [-0.39, 0.29) is 0 Å². The van der Waals surface area contributed by atoms with Crippen LogP contribution >= 0.6 is 0 Å². The fourth-order valence-corrected chi connectivity index (χ4v) is 3.75. The summed E-state index contributed by atoms with van der Waals surface area (Å²) in [5, 5.41) is 3.45. The molecule has 0 aromatic heterocycles. The van der Waals surface area contributed by atoms with Crippen molar-refractivity contribution in [2.45, 2.75) is 69.9 Å². The largest absolute Gasteiger partial charge is 0.339 e. The second kappa shape index (κ2) is 5.60. The van der Waals surface area contributed by atoms with Gasteiger partial charge in [0.25, 0.3) is 0 Å². The zero-order valence-corrected chi connectivity index (χ0v) is 11.4. The Bertz CT molecular complexity index is 299. The van der Waals surface area contributed by atoms with Crippen molar-refractivity contribution in [2.75, 3.05) is 13.1 Å². The monoisotopic (exact) mass is 250 g/mol. The molecule has 0 unspecified atom stereocenters. The van der Waals surface area contributed by atoms with Gasteiger partial charge < -0.3 is 10.2 Å². The van der Waals surface area contributed by atoms with Gasteiger partial charge >= 0.3 is 0 Å². The lowest BCUT2D eigenvalue weighted by Crippen LogP contribution is -2.50. The summed E-state index contributed by atoms with van der Waals surface area (Å²) in [4.78, 5) is 14.6. The van der Waals surface area contributed by atoms with Crippen LogP contribution in [-0.4, -0.2) is 36.0 Å². The first kappa shape index (κ1) is 12.5. The molecule has 1 heterocycles. The predicted octanol–water partition coefficient (Wildman–Crippen LogP) is 2.31. The van der Waals surface area contributed by atoms with Crippen LogP contribution in [0, 0.1) is 5.92 Å². The standard InChI is InChI=1S/C15H26N2O/c18-15(9-10-16-13-7-8-13)17-11-3-5-12-4-1-2-6-14(12)17/h12-14,16H,1-11H2/t12-,14-/m1/s1. The number of nitrogens with one attached hydrogen (secondary N) is 1. The highest BCUT2D eigenvalue weighted by atomic mass is 16.2. The maximum atomic E-state index is 12.3. The summed E-state index contributed by atoms with van der Waals surface area (Å²) in [5.74, 6) is 1.22. The van der Waals surface area contributed by atoms with Crippen LogP contribution in [0.4, 0.5) is 0 Å². The number of rotatable bonds is 4. The van der Waals surface area contributed by atoms with E-state index in [1.165, 1.54) is 51.4 Å². The third-order valence-electron chi connectivity index (χ3n) is 4.91. The van der Waals surface area contributed by atoms with E-state index in [0.29, 0.717) is 18.4 Å². The minimum atomic E-state index is 0.403. The molecule has 2 aliphatic carbocycles. The van der Waals surface area contributed by atoms with Crippen LogP contribution in [0.25, 0.3) is 0 Å². The first-order valence-electron chi connectivity index (χ1n) is 7.87. The third-order valence-corrected chi connectivity index (χ3v) is 4.91. The Labute approximate surface area is 110 Å². The first-order valence-corrected chi connectivity index (χ1v) is 7.87. The zero-order chi connectivity index (χ0) is 12.4. The molecule has 2 saturated carbocycles. The van der Waals surface area contributed by atoms with Gasteiger partial charge in [0.15, 0.2) is 0 Å². The van der Waals surface area contributed by atoms with E-state index in [0.717, 1.165) is 25.0 Å². The molecule has 1 N–H and O–H groups in total. The first-order chi connectivity index (χ1) is 8.84. The van der Waals surface area contributed by atoms with Gasteiger partial charge in [-0.1, -0.05) is 12.8 Å². The molecule has 0 radical (unpaired) electrons. The summed E-state index contributed by atoms with van der Waals surface area (Å²) in [6.45, 7) is 1.90. The molecule has 3 nitrogen and oxygen atoms in total. The number of likely N-dealkylation sites (tertiary alicyclic amines) is 1. The minimum Gasteiger partial charge on any atom is -0.339 e. The SMILES string of the molecule is O=C(CCNC1CC1)N1CCC[C@H]2CCCC[C@H]21. The molecule has 2 atom stereocenters. The molecule has 0 aromatic carbocycles. The summed E-state index contributed by atoms with van der Waals surface area (Å²) in [6, 6.07) is 1.31. The summed E-state index contributed by atoms with van der Waals surface area (Å²) < 4.78 is 0. The Hall–Kier alpha value is -0.570. The maximum Gasteiger partial charge on any atom is 0.224 e. The van der Waals surface area contributed by atoms with Gasteiger partial charge in [-0.15, -0.1) is 0 Å². The molecule has 3 rings (SSSR count). The van der Waals surface area contributed by atoms with Crippen LogP contribution in [0.3, 0.4) is 0 Å². The quantitative estimate of drug-likeness (QED) is 0.830. The predicted molar refractivity (Wildman–Crippen MR) is 72.3 cm³/mol. The van der Waals surface area contributed by atoms with Crippen molar-refractivity contribution in [3.8, 4) is 0 Å². The van der Waals surface area contributed by atoms with Crippen LogP contribution in [0.5, 0.6) is 0 Å². The molecule has 18 heavy (non-hydrogen) atoms. The molecule has 1 amide bonds. The number of hydrogen-bond donors (Lipinski definition) is 1. The number of hydrogen-bond acceptors (Lipinski definition) is 2. The number of piperidine rings is 1. The van der Waals surface area contributed by atoms with Crippen molar-refractivity contribution in [3.63, 3.8) is 0 Å². The smallest absolute Gasteiger partial charge is 0.224 e. The summed E-state index contributed by atoms with van der Waals surface area (Å²) in [7, 11) is 0. The van der Waals surface area contributed by atoms with Crippen LogP contribution < -0.4 is 5.32 Å². The van der Waals surface area contributed by atoms with Crippen molar-refractivity contribution >= 4 is 5.91 Å². The van der Waals surface area contributed by atoms with Crippen LogP contribution in [0.2, 0.25) is 0 Å². The zero-order valence-electron chi connectivity index (χ0n) is 11.4. The molecule has 0 bridgehead atoms. The molecule has 1 saturated heterocycles. The molecular formula is C15H26N2O. The highest BCUT2D eigenvalue weighted by molar-refractivity contribution is 5.76. The lowest BCUT2D eigenvalue weighted by atomic mass is 9.78.